The molecule has 0 saturated carbocycles. The Labute approximate surface area is 115 Å². The van der Waals surface area contributed by atoms with Crippen LogP contribution in [0.5, 0.6) is 0 Å². The second kappa shape index (κ2) is 7.10. The molecule has 0 spiro atoms. The highest BCUT2D eigenvalue weighted by atomic mass is 16.4. The van der Waals surface area contributed by atoms with Crippen LogP contribution in [0.15, 0.2) is 42.0 Å². The second-order valence-electron chi connectivity index (χ2n) is 5.44. The summed E-state index contributed by atoms with van der Waals surface area (Å²) in [4.78, 5) is 10.7. The molecular weight excluding hydrogens is 238 g/mol. The number of hydrogen-bond acceptors (Lipinski definition) is 2. The molecule has 0 bridgehead atoms. The maximum atomic E-state index is 10.7. The minimum absolute atomic E-state index is 0.00880. The van der Waals surface area contributed by atoms with E-state index in [0.717, 1.165) is 12.8 Å². The fourth-order valence-corrected chi connectivity index (χ4v) is 1.76. The largest absolute Gasteiger partial charge is 0.478 e. The van der Waals surface area contributed by atoms with Gasteiger partial charge in [0.25, 0.3) is 0 Å². The lowest BCUT2D eigenvalue weighted by Gasteiger charge is -2.26. The summed E-state index contributed by atoms with van der Waals surface area (Å²) in [5.41, 5.74) is 1.70. The van der Waals surface area contributed by atoms with Crippen molar-refractivity contribution in [1.29, 1.82) is 0 Å². The zero-order chi connectivity index (χ0) is 14.3. The van der Waals surface area contributed by atoms with E-state index in [-0.39, 0.29) is 5.54 Å². The molecule has 1 rings (SSSR count). The molecule has 0 atom stereocenters. The monoisotopic (exact) mass is 261 g/mol. The van der Waals surface area contributed by atoms with E-state index in [9.17, 15) is 4.79 Å². The summed E-state index contributed by atoms with van der Waals surface area (Å²) in [6.07, 6.45) is 3.74. The minimum Gasteiger partial charge on any atom is -0.478 e. The van der Waals surface area contributed by atoms with Gasteiger partial charge in [-0.1, -0.05) is 36.4 Å². The molecule has 19 heavy (non-hydrogen) atoms. The molecule has 0 aromatic heterocycles. The third kappa shape index (κ3) is 6.20. The molecule has 0 aliphatic rings. The van der Waals surface area contributed by atoms with Gasteiger partial charge in [-0.25, -0.2) is 4.79 Å². The first-order valence-corrected chi connectivity index (χ1v) is 6.60. The van der Waals surface area contributed by atoms with Crippen molar-refractivity contribution in [3.05, 3.63) is 47.5 Å². The Hall–Kier alpha value is -1.61. The fourth-order valence-electron chi connectivity index (χ4n) is 1.76. The number of hydrogen-bond donors (Lipinski definition) is 2. The van der Waals surface area contributed by atoms with E-state index in [2.05, 4.69) is 43.4 Å². The predicted molar refractivity (Wildman–Crippen MR) is 78.2 cm³/mol. The molecule has 0 saturated heterocycles. The van der Waals surface area contributed by atoms with Gasteiger partial charge < -0.3 is 10.4 Å². The number of aryl methyl sites for hydroxylation is 1. The van der Waals surface area contributed by atoms with Crippen LogP contribution in [0.2, 0.25) is 0 Å². The van der Waals surface area contributed by atoms with E-state index in [1.807, 2.05) is 6.07 Å². The number of carboxylic acid groups (broad SMARTS) is 1. The van der Waals surface area contributed by atoms with E-state index in [4.69, 9.17) is 5.11 Å². The van der Waals surface area contributed by atoms with E-state index in [1.165, 1.54) is 5.56 Å². The number of benzene rings is 1. The molecular formula is C16H23NO2. The molecule has 2 N–H and O–H groups in total. The topological polar surface area (TPSA) is 49.3 Å². The molecule has 0 amide bonds. The van der Waals surface area contributed by atoms with Crippen LogP contribution in [-0.4, -0.2) is 23.2 Å². The van der Waals surface area contributed by atoms with Gasteiger partial charge in [0.05, 0.1) is 0 Å². The third-order valence-corrected chi connectivity index (χ3v) is 3.21. The minimum atomic E-state index is -0.858. The summed E-state index contributed by atoms with van der Waals surface area (Å²) < 4.78 is 0. The van der Waals surface area contributed by atoms with Crippen molar-refractivity contribution < 1.29 is 9.90 Å². The van der Waals surface area contributed by atoms with Gasteiger partial charge in [0, 0.05) is 17.7 Å². The first-order chi connectivity index (χ1) is 8.91. The number of carbonyl (C=O) groups is 1. The van der Waals surface area contributed by atoms with Gasteiger partial charge in [-0.3, -0.25) is 0 Å². The molecule has 0 fully saturated rings. The number of nitrogens with one attached hydrogen (secondary N) is 1. The Kier molecular flexibility index (Phi) is 5.77. The molecule has 0 heterocycles. The lowest BCUT2D eigenvalue weighted by molar-refractivity contribution is -0.132. The summed E-state index contributed by atoms with van der Waals surface area (Å²) in [6.45, 7) is 6.47. The number of carboxylic acids is 1. The zero-order valence-corrected chi connectivity index (χ0v) is 11.9. The third-order valence-electron chi connectivity index (χ3n) is 3.21. The van der Waals surface area contributed by atoms with Gasteiger partial charge in [0.15, 0.2) is 0 Å². The quantitative estimate of drug-likeness (QED) is 0.742. The second-order valence-corrected chi connectivity index (χ2v) is 5.44. The Bertz CT molecular complexity index is 435. The standard InChI is InChI=1S/C16H23NO2/c1-13(15(18)19)10-12-17-16(2,3)11-9-14-7-5-4-6-8-14/h4-8,10,17H,9,11-12H2,1-3H3,(H,18,19)/b13-10-. The van der Waals surface area contributed by atoms with Crippen LogP contribution in [0.25, 0.3) is 0 Å². The average Bonchev–Trinajstić information content (AvgIpc) is 2.37. The average molecular weight is 261 g/mol. The van der Waals surface area contributed by atoms with Crippen molar-refractivity contribution in [2.75, 3.05) is 6.54 Å². The summed E-state index contributed by atoms with van der Waals surface area (Å²) in [7, 11) is 0. The highest BCUT2D eigenvalue weighted by Crippen LogP contribution is 2.13. The van der Waals surface area contributed by atoms with Crippen LogP contribution in [0.1, 0.15) is 32.8 Å². The maximum absolute atomic E-state index is 10.7. The van der Waals surface area contributed by atoms with Crippen molar-refractivity contribution in [3.63, 3.8) is 0 Å². The van der Waals surface area contributed by atoms with Gasteiger partial charge >= 0.3 is 5.97 Å². The van der Waals surface area contributed by atoms with Gasteiger partial charge in [-0.15, -0.1) is 0 Å². The van der Waals surface area contributed by atoms with Crippen molar-refractivity contribution in [1.82, 2.24) is 5.32 Å². The van der Waals surface area contributed by atoms with Crippen LogP contribution in [-0.2, 0) is 11.2 Å². The van der Waals surface area contributed by atoms with Gasteiger partial charge in [0.1, 0.15) is 0 Å². The van der Waals surface area contributed by atoms with E-state index in [0.29, 0.717) is 12.1 Å². The van der Waals surface area contributed by atoms with E-state index in [1.54, 1.807) is 13.0 Å². The molecule has 3 nitrogen and oxygen atoms in total. The number of aliphatic carboxylic acids is 1. The predicted octanol–water partition coefficient (Wildman–Crippen LogP) is 3.02. The molecule has 0 unspecified atom stereocenters. The van der Waals surface area contributed by atoms with Crippen LogP contribution in [0, 0.1) is 0 Å². The van der Waals surface area contributed by atoms with Crippen LogP contribution >= 0.6 is 0 Å². The van der Waals surface area contributed by atoms with Gasteiger partial charge in [-0.2, -0.15) is 0 Å². The fraction of sp³-hybridized carbons (Fsp3) is 0.438. The van der Waals surface area contributed by atoms with E-state index >= 15 is 0 Å². The smallest absolute Gasteiger partial charge is 0.330 e. The van der Waals surface area contributed by atoms with Crippen LogP contribution in [0.4, 0.5) is 0 Å². The molecule has 0 aliphatic heterocycles. The highest BCUT2D eigenvalue weighted by molar-refractivity contribution is 5.85. The summed E-state index contributed by atoms with van der Waals surface area (Å²) in [6, 6.07) is 10.4. The van der Waals surface area contributed by atoms with Crippen LogP contribution < -0.4 is 5.32 Å². The lowest BCUT2D eigenvalue weighted by Crippen LogP contribution is -2.39. The maximum Gasteiger partial charge on any atom is 0.330 e. The SMILES string of the molecule is C/C(=C/CNC(C)(C)CCc1ccccc1)C(=O)O. The summed E-state index contributed by atoms with van der Waals surface area (Å²) in [5, 5.41) is 12.1. The lowest BCUT2D eigenvalue weighted by atomic mass is 9.95. The van der Waals surface area contributed by atoms with Gasteiger partial charge in [0.2, 0.25) is 0 Å². The molecule has 3 heteroatoms. The summed E-state index contributed by atoms with van der Waals surface area (Å²) in [5.74, 6) is -0.858. The molecule has 104 valence electrons. The Morgan fingerprint density at radius 2 is 1.95 bits per heavy atom. The van der Waals surface area contributed by atoms with Crippen molar-refractivity contribution >= 4 is 5.97 Å². The highest BCUT2D eigenvalue weighted by Gasteiger charge is 2.15. The Balaban J connectivity index is 2.40. The van der Waals surface area contributed by atoms with Gasteiger partial charge in [-0.05, 0) is 39.2 Å². The van der Waals surface area contributed by atoms with Crippen LogP contribution in [0.3, 0.4) is 0 Å². The van der Waals surface area contributed by atoms with Crippen molar-refractivity contribution in [3.8, 4) is 0 Å². The Morgan fingerprint density at radius 1 is 1.32 bits per heavy atom. The molecule has 0 radical (unpaired) electrons. The first kappa shape index (κ1) is 15.4. The van der Waals surface area contributed by atoms with E-state index < -0.39 is 5.97 Å². The number of rotatable bonds is 7. The normalized spacial score (nSPS) is 12.5. The summed E-state index contributed by atoms with van der Waals surface area (Å²) >= 11 is 0. The molecule has 0 aliphatic carbocycles. The zero-order valence-electron chi connectivity index (χ0n) is 11.9. The van der Waals surface area contributed by atoms with Crippen molar-refractivity contribution in [2.24, 2.45) is 0 Å². The van der Waals surface area contributed by atoms with Crippen molar-refractivity contribution in [2.45, 2.75) is 39.2 Å². The Morgan fingerprint density at radius 3 is 2.53 bits per heavy atom. The first-order valence-electron chi connectivity index (χ1n) is 6.60. The molecule has 1 aromatic rings. The molecule has 1 aromatic carbocycles.